The van der Waals surface area contributed by atoms with E-state index in [1.165, 1.54) is 31.5 Å². The van der Waals surface area contributed by atoms with Crippen LogP contribution in [0.4, 0.5) is 4.39 Å². The second kappa shape index (κ2) is 3.76. The van der Waals surface area contributed by atoms with Gasteiger partial charge in [0.05, 0.1) is 0 Å². The number of rotatable bonds is 3. The summed E-state index contributed by atoms with van der Waals surface area (Å²) in [4.78, 5) is 3.65. The van der Waals surface area contributed by atoms with Gasteiger partial charge in [0.1, 0.15) is 0 Å². The molecule has 4 atom stereocenters. The maximum Gasteiger partial charge on any atom is 0.261 e. The van der Waals surface area contributed by atoms with E-state index in [1.807, 2.05) is 0 Å². The molecule has 0 saturated heterocycles. The lowest BCUT2D eigenvalue weighted by Crippen LogP contribution is -2.31. The topological polar surface area (TPSA) is 59.1 Å². The molecule has 0 aromatic carbocycles. The van der Waals surface area contributed by atoms with Gasteiger partial charge in [-0.3, -0.25) is 0 Å². The van der Waals surface area contributed by atoms with Crippen LogP contribution in [0.15, 0.2) is 23.4 Å². The first-order chi connectivity index (χ1) is 9.08. The lowest BCUT2D eigenvalue weighted by Gasteiger charge is -2.11. The summed E-state index contributed by atoms with van der Waals surface area (Å²) in [6.07, 6.45) is 5.00. The van der Waals surface area contributed by atoms with E-state index in [2.05, 4.69) is 9.71 Å². The highest BCUT2D eigenvalue weighted by Gasteiger charge is 2.65. The molecular weight excluding hydrogens is 267 g/mol. The van der Waals surface area contributed by atoms with Crippen molar-refractivity contribution >= 4 is 10.0 Å². The fourth-order valence-electron chi connectivity index (χ4n) is 4.29. The predicted octanol–water partition coefficient (Wildman–Crippen LogP) is 1.54. The maximum absolute atomic E-state index is 13.5. The summed E-state index contributed by atoms with van der Waals surface area (Å²) >= 11 is 0. The maximum atomic E-state index is 13.5. The van der Waals surface area contributed by atoms with E-state index in [-0.39, 0.29) is 6.04 Å². The first kappa shape index (κ1) is 11.8. The molecule has 4 nitrogen and oxygen atoms in total. The highest BCUT2D eigenvalue weighted by atomic mass is 32.2. The number of halogens is 1. The van der Waals surface area contributed by atoms with Gasteiger partial charge in [-0.1, -0.05) is 0 Å². The van der Waals surface area contributed by atoms with Crippen molar-refractivity contribution in [1.82, 2.24) is 9.71 Å². The third-order valence-electron chi connectivity index (χ3n) is 5.01. The standard InChI is InChI=1S/C13H15FN2O2S/c14-9-2-1-5-15-13(9)19(17,18)16-12-10-7-3-4-8(6-7)11(10)12/h1-2,5,7-8,10-12,16H,3-4,6H2. The minimum Gasteiger partial charge on any atom is -0.241 e. The molecule has 0 radical (unpaired) electrons. The van der Waals surface area contributed by atoms with E-state index >= 15 is 0 Å². The van der Waals surface area contributed by atoms with Crippen molar-refractivity contribution in [2.24, 2.45) is 23.7 Å². The molecule has 0 aliphatic heterocycles. The number of aromatic nitrogens is 1. The molecule has 0 spiro atoms. The largest absolute Gasteiger partial charge is 0.261 e. The summed E-state index contributed by atoms with van der Waals surface area (Å²) in [5.41, 5.74) is 0. The summed E-state index contributed by atoms with van der Waals surface area (Å²) in [6, 6.07) is 2.53. The van der Waals surface area contributed by atoms with Crippen LogP contribution in [0.1, 0.15) is 19.3 Å². The van der Waals surface area contributed by atoms with Crippen molar-refractivity contribution in [1.29, 1.82) is 0 Å². The first-order valence-corrected chi connectivity index (χ1v) is 8.19. The predicted molar refractivity (Wildman–Crippen MR) is 66.1 cm³/mol. The molecule has 1 heterocycles. The van der Waals surface area contributed by atoms with E-state index in [0.29, 0.717) is 23.7 Å². The van der Waals surface area contributed by atoms with Gasteiger partial charge in [-0.25, -0.2) is 22.5 Å². The van der Waals surface area contributed by atoms with Crippen LogP contribution in [0.5, 0.6) is 0 Å². The minimum absolute atomic E-state index is 0.0117. The number of sulfonamides is 1. The number of nitrogens with zero attached hydrogens (tertiary/aromatic N) is 1. The molecule has 102 valence electrons. The molecule has 3 aliphatic rings. The van der Waals surface area contributed by atoms with Crippen molar-refractivity contribution in [2.75, 3.05) is 0 Å². The number of fused-ring (bicyclic) bond motifs is 5. The molecule has 4 unspecified atom stereocenters. The zero-order valence-electron chi connectivity index (χ0n) is 10.3. The highest BCUT2D eigenvalue weighted by Crippen LogP contribution is 2.65. The van der Waals surface area contributed by atoms with Gasteiger partial charge in [-0.15, -0.1) is 0 Å². The number of hydrogen-bond acceptors (Lipinski definition) is 3. The Morgan fingerprint density at radius 3 is 2.58 bits per heavy atom. The normalized spacial score (nSPS) is 39.3. The molecule has 3 aliphatic carbocycles. The highest BCUT2D eigenvalue weighted by molar-refractivity contribution is 7.89. The first-order valence-electron chi connectivity index (χ1n) is 6.71. The zero-order valence-corrected chi connectivity index (χ0v) is 11.1. The van der Waals surface area contributed by atoms with Crippen molar-refractivity contribution in [3.8, 4) is 0 Å². The number of nitrogens with one attached hydrogen (secondary N) is 1. The Bertz CT molecular complexity index is 617. The van der Waals surface area contributed by atoms with Crippen LogP contribution in [-0.4, -0.2) is 19.4 Å². The van der Waals surface area contributed by atoms with Crippen LogP contribution < -0.4 is 4.72 Å². The summed E-state index contributed by atoms with van der Waals surface area (Å²) in [7, 11) is -3.82. The fraction of sp³-hybridized carbons (Fsp3) is 0.615. The van der Waals surface area contributed by atoms with Gasteiger partial charge in [-0.05, 0) is 55.1 Å². The van der Waals surface area contributed by atoms with Gasteiger partial charge in [-0.2, -0.15) is 0 Å². The van der Waals surface area contributed by atoms with Gasteiger partial charge in [0.2, 0.25) is 5.03 Å². The smallest absolute Gasteiger partial charge is 0.241 e. The van der Waals surface area contributed by atoms with Gasteiger partial charge >= 0.3 is 0 Å². The van der Waals surface area contributed by atoms with E-state index in [4.69, 9.17) is 0 Å². The molecule has 1 N–H and O–H groups in total. The zero-order chi connectivity index (χ0) is 13.2. The van der Waals surface area contributed by atoms with Crippen LogP contribution in [-0.2, 0) is 10.0 Å². The Morgan fingerprint density at radius 1 is 1.26 bits per heavy atom. The Labute approximate surface area is 111 Å². The quantitative estimate of drug-likeness (QED) is 0.915. The Morgan fingerprint density at radius 2 is 1.95 bits per heavy atom. The third kappa shape index (κ3) is 1.66. The Balaban J connectivity index is 1.57. The second-order valence-corrected chi connectivity index (χ2v) is 7.55. The average molecular weight is 282 g/mol. The molecule has 3 saturated carbocycles. The summed E-state index contributed by atoms with van der Waals surface area (Å²) in [6.45, 7) is 0. The van der Waals surface area contributed by atoms with Crippen LogP contribution in [0, 0.1) is 29.5 Å². The summed E-state index contributed by atoms with van der Waals surface area (Å²) < 4.78 is 40.5. The molecule has 1 aromatic heterocycles. The second-order valence-electron chi connectivity index (χ2n) is 5.93. The van der Waals surface area contributed by atoms with Crippen molar-refractivity contribution in [3.05, 3.63) is 24.1 Å². The molecule has 3 fully saturated rings. The molecule has 4 rings (SSSR count). The summed E-state index contributed by atoms with van der Waals surface area (Å²) in [5, 5.41) is -0.479. The fourth-order valence-corrected chi connectivity index (χ4v) is 5.60. The van der Waals surface area contributed by atoms with Gasteiger partial charge < -0.3 is 0 Å². The Hall–Kier alpha value is -1.01. The van der Waals surface area contributed by atoms with Crippen molar-refractivity contribution in [2.45, 2.75) is 30.3 Å². The van der Waals surface area contributed by atoms with Crippen LogP contribution in [0.3, 0.4) is 0 Å². The molecule has 19 heavy (non-hydrogen) atoms. The van der Waals surface area contributed by atoms with E-state index in [1.54, 1.807) is 0 Å². The molecule has 2 bridgehead atoms. The Kier molecular flexibility index (Phi) is 2.33. The van der Waals surface area contributed by atoms with Crippen LogP contribution in [0.25, 0.3) is 0 Å². The van der Waals surface area contributed by atoms with Crippen molar-refractivity contribution < 1.29 is 12.8 Å². The van der Waals surface area contributed by atoms with Gasteiger partial charge in [0.15, 0.2) is 5.82 Å². The van der Waals surface area contributed by atoms with Crippen LogP contribution >= 0.6 is 0 Å². The average Bonchev–Trinajstić information content (AvgIpc) is 2.77. The monoisotopic (exact) mass is 282 g/mol. The lowest BCUT2D eigenvalue weighted by atomic mass is 10.0. The van der Waals surface area contributed by atoms with Crippen LogP contribution in [0.2, 0.25) is 0 Å². The molecular formula is C13H15FN2O2S. The number of pyridine rings is 1. The van der Waals surface area contributed by atoms with Gasteiger partial charge in [0.25, 0.3) is 10.0 Å². The lowest BCUT2D eigenvalue weighted by molar-refractivity contribution is 0.456. The molecule has 6 heteroatoms. The summed E-state index contributed by atoms with van der Waals surface area (Å²) in [5.74, 6) is 1.54. The van der Waals surface area contributed by atoms with Crippen molar-refractivity contribution in [3.63, 3.8) is 0 Å². The minimum atomic E-state index is -3.82. The third-order valence-corrected chi connectivity index (χ3v) is 6.40. The molecule has 1 aromatic rings. The SMILES string of the molecule is O=S(=O)(NC1C2C3CCC(C3)C12)c1ncccc1F. The van der Waals surface area contributed by atoms with E-state index < -0.39 is 20.9 Å². The number of hydrogen-bond donors (Lipinski definition) is 1. The van der Waals surface area contributed by atoms with E-state index in [0.717, 1.165) is 6.07 Å². The van der Waals surface area contributed by atoms with Gasteiger partial charge in [0, 0.05) is 12.2 Å². The molecule has 0 amide bonds. The van der Waals surface area contributed by atoms with E-state index in [9.17, 15) is 12.8 Å².